The van der Waals surface area contributed by atoms with Crippen LogP contribution in [0.2, 0.25) is 0 Å². The molecule has 1 aliphatic rings. The number of allylic oxidation sites excluding steroid dienone is 1. The van der Waals surface area contributed by atoms with Crippen molar-refractivity contribution in [1.82, 2.24) is 15.5 Å². The van der Waals surface area contributed by atoms with Gasteiger partial charge in [0.15, 0.2) is 5.76 Å². The predicted octanol–water partition coefficient (Wildman–Crippen LogP) is 0.856. The van der Waals surface area contributed by atoms with Crippen LogP contribution in [0.15, 0.2) is 62.6 Å². The van der Waals surface area contributed by atoms with Crippen LogP contribution in [-0.2, 0) is 14.3 Å². The van der Waals surface area contributed by atoms with E-state index in [0.29, 0.717) is 33.6 Å². The quantitative estimate of drug-likeness (QED) is 0.509. The minimum atomic E-state index is -0.892. The molecule has 3 heterocycles. The van der Waals surface area contributed by atoms with Crippen LogP contribution < -0.4 is 21.5 Å². The SMILES string of the molecule is COC(=O)C(CC1=c2ccccc2=N/C1=C/c1c(-c2ccco2)[nH][nH]c1=O)NC(C)=O. The molecule has 9 heteroatoms. The molecule has 158 valence electrons. The highest BCUT2D eigenvalue weighted by Crippen LogP contribution is 2.26. The number of nitrogens with zero attached hydrogens (tertiary/aromatic N) is 1. The zero-order valence-electron chi connectivity index (χ0n) is 16.9. The number of aromatic amines is 2. The van der Waals surface area contributed by atoms with Gasteiger partial charge in [-0.3, -0.25) is 19.8 Å². The number of ether oxygens (including phenoxy) is 1. The number of furan rings is 1. The van der Waals surface area contributed by atoms with Crippen LogP contribution in [-0.4, -0.2) is 35.2 Å². The maximum Gasteiger partial charge on any atom is 0.328 e. The molecule has 0 aliphatic carbocycles. The fraction of sp³-hybridized carbons (Fsp3) is 0.182. The molecule has 0 radical (unpaired) electrons. The minimum absolute atomic E-state index is 0.150. The number of aromatic nitrogens is 2. The molecule has 1 aromatic carbocycles. The first kappa shape index (κ1) is 20.1. The molecule has 9 nitrogen and oxygen atoms in total. The van der Waals surface area contributed by atoms with Gasteiger partial charge in [0.1, 0.15) is 11.7 Å². The van der Waals surface area contributed by atoms with Gasteiger partial charge in [0.05, 0.1) is 30.0 Å². The van der Waals surface area contributed by atoms with Crippen molar-refractivity contribution in [1.29, 1.82) is 0 Å². The highest BCUT2D eigenvalue weighted by molar-refractivity contribution is 5.87. The summed E-state index contributed by atoms with van der Waals surface area (Å²) < 4.78 is 10.3. The van der Waals surface area contributed by atoms with E-state index >= 15 is 0 Å². The molecule has 3 N–H and O–H groups in total. The lowest BCUT2D eigenvalue weighted by Crippen LogP contribution is -2.41. The Labute approximate surface area is 176 Å². The first-order valence-corrected chi connectivity index (χ1v) is 9.56. The molecule has 1 aliphatic heterocycles. The Morgan fingerprint density at radius 1 is 1.23 bits per heavy atom. The third kappa shape index (κ3) is 3.97. The molecular weight excluding hydrogens is 400 g/mol. The molecule has 0 fully saturated rings. The molecule has 4 rings (SSSR count). The number of methoxy groups -OCH3 is 1. The van der Waals surface area contributed by atoms with E-state index in [9.17, 15) is 14.4 Å². The molecule has 0 saturated carbocycles. The second-order valence-corrected chi connectivity index (χ2v) is 6.96. The molecule has 1 amide bonds. The minimum Gasteiger partial charge on any atom is -0.467 e. The van der Waals surface area contributed by atoms with E-state index in [-0.39, 0.29) is 17.9 Å². The number of amides is 1. The molecule has 2 aromatic heterocycles. The largest absolute Gasteiger partial charge is 0.467 e. The van der Waals surface area contributed by atoms with Crippen molar-refractivity contribution in [2.45, 2.75) is 19.4 Å². The summed E-state index contributed by atoms with van der Waals surface area (Å²) in [6, 6.07) is 10.0. The number of benzene rings is 1. The van der Waals surface area contributed by atoms with Gasteiger partial charge in [-0.15, -0.1) is 0 Å². The van der Waals surface area contributed by atoms with E-state index in [0.717, 1.165) is 5.22 Å². The lowest BCUT2D eigenvalue weighted by molar-refractivity contribution is -0.144. The van der Waals surface area contributed by atoms with Crippen LogP contribution in [0, 0.1) is 0 Å². The Morgan fingerprint density at radius 3 is 2.74 bits per heavy atom. The van der Waals surface area contributed by atoms with Crippen molar-refractivity contribution in [3.05, 3.63) is 74.9 Å². The summed E-state index contributed by atoms with van der Waals surface area (Å²) >= 11 is 0. The van der Waals surface area contributed by atoms with Gasteiger partial charge in [-0.1, -0.05) is 18.2 Å². The van der Waals surface area contributed by atoms with Crippen molar-refractivity contribution in [2.75, 3.05) is 7.11 Å². The van der Waals surface area contributed by atoms with Crippen LogP contribution in [0.1, 0.15) is 18.9 Å². The van der Waals surface area contributed by atoms with Crippen LogP contribution in [0.3, 0.4) is 0 Å². The van der Waals surface area contributed by atoms with Crippen molar-refractivity contribution in [3.8, 4) is 11.5 Å². The van der Waals surface area contributed by atoms with Gasteiger partial charge in [-0.2, -0.15) is 0 Å². The van der Waals surface area contributed by atoms with Gasteiger partial charge in [0, 0.05) is 18.6 Å². The molecule has 0 saturated heterocycles. The molecular formula is C22H20N4O5. The average molecular weight is 420 g/mol. The van der Waals surface area contributed by atoms with Crippen LogP contribution in [0.5, 0.6) is 0 Å². The molecule has 1 unspecified atom stereocenters. The number of rotatable bonds is 6. The zero-order valence-corrected chi connectivity index (χ0v) is 16.9. The number of fused-ring (bicyclic) bond motifs is 1. The fourth-order valence-corrected chi connectivity index (χ4v) is 3.54. The first-order valence-electron chi connectivity index (χ1n) is 9.56. The number of hydrogen-bond donors (Lipinski definition) is 3. The smallest absolute Gasteiger partial charge is 0.328 e. The second-order valence-electron chi connectivity index (χ2n) is 6.96. The lowest BCUT2D eigenvalue weighted by atomic mass is 10.00. The maximum absolute atomic E-state index is 12.5. The first-order chi connectivity index (χ1) is 15.0. The van der Waals surface area contributed by atoms with Crippen molar-refractivity contribution >= 4 is 23.5 Å². The summed E-state index contributed by atoms with van der Waals surface area (Å²) in [5.41, 5.74) is 1.72. The molecule has 31 heavy (non-hydrogen) atoms. The molecule has 1 atom stereocenters. The van der Waals surface area contributed by atoms with Gasteiger partial charge in [0.25, 0.3) is 5.56 Å². The summed E-state index contributed by atoms with van der Waals surface area (Å²) in [6.45, 7) is 1.33. The van der Waals surface area contributed by atoms with Gasteiger partial charge >= 0.3 is 5.97 Å². The lowest BCUT2D eigenvalue weighted by Gasteiger charge is -2.16. The monoisotopic (exact) mass is 420 g/mol. The van der Waals surface area contributed by atoms with Crippen LogP contribution in [0.25, 0.3) is 23.1 Å². The van der Waals surface area contributed by atoms with Crippen LogP contribution in [0.4, 0.5) is 0 Å². The number of hydrogen-bond acceptors (Lipinski definition) is 6. The number of nitrogens with one attached hydrogen (secondary N) is 3. The van der Waals surface area contributed by atoms with Gasteiger partial charge in [-0.25, -0.2) is 9.79 Å². The van der Waals surface area contributed by atoms with E-state index in [2.05, 4.69) is 20.5 Å². The number of carbonyl (C=O) groups is 2. The Hall–Kier alpha value is -4.14. The maximum atomic E-state index is 12.5. The Morgan fingerprint density at radius 2 is 2.03 bits per heavy atom. The summed E-state index contributed by atoms with van der Waals surface area (Å²) in [7, 11) is 1.26. The Bertz CT molecular complexity index is 1340. The summed E-state index contributed by atoms with van der Waals surface area (Å²) in [4.78, 5) is 41.0. The molecule has 3 aromatic rings. The predicted molar refractivity (Wildman–Crippen MR) is 112 cm³/mol. The van der Waals surface area contributed by atoms with Crippen molar-refractivity contribution in [2.24, 2.45) is 4.99 Å². The van der Waals surface area contributed by atoms with Gasteiger partial charge in [-0.05, 0) is 29.8 Å². The number of esters is 1. The standard InChI is InChI=1S/C22H20N4O5/c1-12(27)23-18(22(29)30-2)10-14-13-6-3-4-7-16(13)24-17(14)11-15-20(25-26-21(15)28)19-8-5-9-31-19/h3-9,11,18H,10H2,1-2H3,(H,23,27)(H2,25,26,28)/b17-11+. The summed E-state index contributed by atoms with van der Waals surface area (Å²) in [5, 5.41) is 9.53. The third-order valence-corrected chi connectivity index (χ3v) is 4.91. The second kappa shape index (κ2) is 8.31. The third-order valence-electron chi connectivity index (χ3n) is 4.91. The van der Waals surface area contributed by atoms with E-state index in [1.165, 1.54) is 20.3 Å². The number of H-pyrrole nitrogens is 2. The number of carbonyl (C=O) groups excluding carboxylic acids is 2. The topological polar surface area (TPSA) is 130 Å². The highest BCUT2D eigenvalue weighted by atomic mass is 16.5. The Kier molecular flexibility index (Phi) is 5.40. The molecule has 0 spiro atoms. The summed E-state index contributed by atoms with van der Waals surface area (Å²) in [6.07, 6.45) is 3.31. The Balaban J connectivity index is 1.83. The fourth-order valence-electron chi connectivity index (χ4n) is 3.54. The normalized spacial score (nSPS) is 14.8. The molecule has 0 bridgehead atoms. The van der Waals surface area contributed by atoms with Crippen molar-refractivity contribution < 1.29 is 18.7 Å². The van der Waals surface area contributed by atoms with Crippen LogP contribution >= 0.6 is 0 Å². The average Bonchev–Trinajstić information content (AvgIpc) is 3.47. The van der Waals surface area contributed by atoms with Crippen molar-refractivity contribution in [3.63, 3.8) is 0 Å². The number of para-hydroxylation sites is 1. The van der Waals surface area contributed by atoms with E-state index in [4.69, 9.17) is 9.15 Å². The summed E-state index contributed by atoms with van der Waals surface area (Å²) in [5.74, 6) is -0.429. The highest BCUT2D eigenvalue weighted by Gasteiger charge is 2.26. The van der Waals surface area contributed by atoms with E-state index in [1.807, 2.05) is 24.3 Å². The van der Waals surface area contributed by atoms with E-state index in [1.54, 1.807) is 18.2 Å². The van der Waals surface area contributed by atoms with Gasteiger partial charge in [0.2, 0.25) is 5.91 Å². The van der Waals surface area contributed by atoms with E-state index < -0.39 is 12.0 Å². The van der Waals surface area contributed by atoms with Gasteiger partial charge < -0.3 is 14.5 Å². The zero-order chi connectivity index (χ0) is 22.0.